The van der Waals surface area contributed by atoms with Crippen LogP contribution in [0, 0.1) is 9.39 Å². The zero-order valence-electron chi connectivity index (χ0n) is 13.9. The Kier molecular flexibility index (Phi) is 6.42. The quantitative estimate of drug-likeness (QED) is 0.293. The summed E-state index contributed by atoms with van der Waals surface area (Å²) in [6.07, 6.45) is 1.51. The number of esters is 1. The van der Waals surface area contributed by atoms with E-state index in [1.807, 2.05) is 18.2 Å². The van der Waals surface area contributed by atoms with Gasteiger partial charge < -0.3 is 15.4 Å². The second kappa shape index (κ2) is 8.77. The number of ether oxygens (including phenoxy) is 1. The molecule has 1 aliphatic carbocycles. The Hall–Kier alpha value is -1.74. The summed E-state index contributed by atoms with van der Waals surface area (Å²) in [5.74, 6) is -0.510. The Balaban J connectivity index is 1.43. The normalized spacial score (nSPS) is 15.2. The smallest absolute Gasteiger partial charge is 0.339 e. The third-order valence-electron chi connectivity index (χ3n) is 4.23. The van der Waals surface area contributed by atoms with Crippen LogP contribution in [0.3, 0.4) is 0 Å². The van der Waals surface area contributed by atoms with Crippen molar-refractivity contribution < 1.29 is 13.9 Å². The van der Waals surface area contributed by atoms with E-state index in [1.54, 1.807) is 18.2 Å². The van der Waals surface area contributed by atoms with E-state index < -0.39 is 0 Å². The van der Waals surface area contributed by atoms with Crippen molar-refractivity contribution in [2.24, 2.45) is 0 Å². The van der Waals surface area contributed by atoms with Gasteiger partial charge >= 0.3 is 5.97 Å². The lowest BCUT2D eigenvalue weighted by Gasteiger charge is -2.17. The maximum absolute atomic E-state index is 13.8. The van der Waals surface area contributed by atoms with E-state index in [0.29, 0.717) is 23.6 Å². The van der Waals surface area contributed by atoms with Gasteiger partial charge in [-0.1, -0.05) is 24.3 Å². The zero-order valence-corrected chi connectivity index (χ0v) is 16.9. The van der Waals surface area contributed by atoms with E-state index >= 15 is 0 Å². The van der Waals surface area contributed by atoms with Crippen LogP contribution >= 0.6 is 34.8 Å². The van der Waals surface area contributed by atoms with Gasteiger partial charge in [-0.25, -0.2) is 9.18 Å². The number of carbonyl (C=O) groups excluding carboxylic acids is 1. The minimum Gasteiger partial charge on any atom is -0.460 e. The predicted octanol–water partition coefficient (Wildman–Crippen LogP) is 3.74. The molecule has 26 heavy (non-hydrogen) atoms. The molecule has 0 amide bonds. The molecular weight excluding hydrogens is 466 g/mol. The Labute approximate surface area is 170 Å². The predicted molar refractivity (Wildman–Crippen MR) is 111 cm³/mol. The summed E-state index contributed by atoms with van der Waals surface area (Å²) in [5.41, 5.74) is 2.27. The molecule has 4 nitrogen and oxygen atoms in total. The van der Waals surface area contributed by atoms with Crippen LogP contribution in [0.25, 0.3) is 0 Å². The van der Waals surface area contributed by atoms with Crippen LogP contribution in [-0.4, -0.2) is 24.2 Å². The van der Waals surface area contributed by atoms with Crippen molar-refractivity contribution in [2.45, 2.75) is 18.9 Å². The second-order valence-electron chi connectivity index (χ2n) is 5.91. The summed E-state index contributed by atoms with van der Waals surface area (Å²) in [7, 11) is 0. The fourth-order valence-corrected chi connectivity index (χ4v) is 3.83. The average molecular weight is 484 g/mol. The molecule has 136 valence electrons. The number of carbonyl (C=O) groups is 1. The lowest BCUT2D eigenvalue weighted by Crippen LogP contribution is -2.38. The van der Waals surface area contributed by atoms with Crippen molar-refractivity contribution in [3.8, 4) is 0 Å². The van der Waals surface area contributed by atoms with Gasteiger partial charge in [0.25, 0.3) is 0 Å². The van der Waals surface area contributed by atoms with Crippen LogP contribution < -0.4 is 10.6 Å². The minimum absolute atomic E-state index is 0.00847. The Bertz CT molecular complexity index is 831. The first kappa shape index (κ1) is 19.0. The molecular formula is C19H18FIN2O2S. The fraction of sp³-hybridized carbons (Fsp3) is 0.263. The lowest BCUT2D eigenvalue weighted by molar-refractivity contribution is 0.0511. The number of hydrogen-bond acceptors (Lipinski definition) is 3. The molecule has 2 aromatic carbocycles. The van der Waals surface area contributed by atoms with Gasteiger partial charge in [-0.15, -0.1) is 0 Å². The van der Waals surface area contributed by atoms with Crippen molar-refractivity contribution in [1.82, 2.24) is 10.6 Å². The maximum atomic E-state index is 13.8. The van der Waals surface area contributed by atoms with Crippen LogP contribution in [-0.2, 0) is 11.2 Å². The van der Waals surface area contributed by atoms with Gasteiger partial charge in [-0.2, -0.15) is 0 Å². The van der Waals surface area contributed by atoms with Gasteiger partial charge in [0, 0.05) is 3.57 Å². The van der Waals surface area contributed by atoms with Gasteiger partial charge in [-0.05, 0) is 77.0 Å². The molecule has 0 saturated heterocycles. The highest BCUT2D eigenvalue weighted by Gasteiger charge is 2.25. The molecule has 0 aromatic heterocycles. The topological polar surface area (TPSA) is 50.4 Å². The fourth-order valence-electron chi connectivity index (χ4n) is 2.98. The van der Waals surface area contributed by atoms with E-state index in [9.17, 15) is 9.18 Å². The van der Waals surface area contributed by atoms with E-state index in [1.165, 1.54) is 6.07 Å². The molecule has 0 heterocycles. The third-order valence-corrected chi connectivity index (χ3v) is 5.44. The highest BCUT2D eigenvalue weighted by molar-refractivity contribution is 14.1. The number of nitrogens with one attached hydrogen (secondary N) is 2. The van der Waals surface area contributed by atoms with E-state index in [-0.39, 0.29) is 24.4 Å². The number of halogens is 2. The summed E-state index contributed by atoms with van der Waals surface area (Å²) in [5, 5.41) is 6.70. The van der Waals surface area contributed by atoms with Crippen LogP contribution in [0.1, 0.15) is 33.9 Å². The van der Waals surface area contributed by atoms with Crippen LogP contribution in [0.5, 0.6) is 0 Å². The second-order valence-corrected chi connectivity index (χ2v) is 7.49. The molecule has 2 N–H and O–H groups in total. The number of thiocarbonyl (C=S) groups is 1. The number of benzene rings is 2. The lowest BCUT2D eigenvalue weighted by atomic mass is 10.1. The Morgan fingerprint density at radius 3 is 2.88 bits per heavy atom. The largest absolute Gasteiger partial charge is 0.460 e. The van der Waals surface area contributed by atoms with Crippen molar-refractivity contribution >= 4 is 45.9 Å². The van der Waals surface area contributed by atoms with Gasteiger partial charge in [-0.3, -0.25) is 0 Å². The SMILES string of the molecule is O=C(OCCNC(=S)NC1CCc2c(F)cccc21)c1ccccc1I. The van der Waals surface area contributed by atoms with E-state index in [2.05, 4.69) is 33.2 Å². The van der Waals surface area contributed by atoms with Crippen LogP contribution in [0.4, 0.5) is 4.39 Å². The van der Waals surface area contributed by atoms with Gasteiger partial charge in [0.05, 0.1) is 18.2 Å². The van der Waals surface area contributed by atoms with Gasteiger partial charge in [0.2, 0.25) is 0 Å². The summed E-state index contributed by atoms with van der Waals surface area (Å²) in [6, 6.07) is 12.4. The maximum Gasteiger partial charge on any atom is 0.339 e. The van der Waals surface area contributed by atoms with Crippen molar-refractivity contribution in [3.63, 3.8) is 0 Å². The monoisotopic (exact) mass is 484 g/mol. The molecule has 2 aromatic rings. The highest BCUT2D eigenvalue weighted by atomic mass is 127. The molecule has 0 bridgehead atoms. The molecule has 0 saturated carbocycles. The average Bonchev–Trinajstić information content (AvgIpc) is 3.03. The molecule has 0 fully saturated rings. The van der Waals surface area contributed by atoms with Gasteiger partial charge in [0.15, 0.2) is 5.11 Å². The highest BCUT2D eigenvalue weighted by Crippen LogP contribution is 2.32. The Morgan fingerprint density at radius 1 is 1.27 bits per heavy atom. The standard InChI is InChI=1S/C19H18FIN2O2S/c20-15-6-3-5-13-12(15)8-9-17(13)23-19(26)22-10-11-25-18(24)14-4-1-2-7-16(14)21/h1-7,17H,8-11H2,(H2,22,23,26). The number of hydrogen-bond donors (Lipinski definition) is 2. The Morgan fingerprint density at radius 2 is 2.08 bits per heavy atom. The van der Waals surface area contributed by atoms with E-state index in [0.717, 1.165) is 21.1 Å². The van der Waals surface area contributed by atoms with E-state index in [4.69, 9.17) is 17.0 Å². The third kappa shape index (κ3) is 4.50. The van der Waals surface area contributed by atoms with Crippen LogP contribution in [0.2, 0.25) is 0 Å². The number of fused-ring (bicyclic) bond motifs is 1. The molecule has 0 spiro atoms. The van der Waals surface area contributed by atoms with Crippen molar-refractivity contribution in [3.05, 3.63) is 68.5 Å². The molecule has 1 atom stereocenters. The first-order valence-corrected chi connectivity index (χ1v) is 9.78. The molecule has 1 unspecified atom stereocenters. The summed E-state index contributed by atoms with van der Waals surface area (Å²) < 4.78 is 19.9. The minimum atomic E-state index is -0.351. The summed E-state index contributed by atoms with van der Waals surface area (Å²) in [6.45, 7) is 0.616. The molecule has 0 radical (unpaired) electrons. The summed E-state index contributed by atoms with van der Waals surface area (Å²) >= 11 is 7.39. The van der Waals surface area contributed by atoms with Crippen molar-refractivity contribution in [1.29, 1.82) is 0 Å². The molecule has 0 aliphatic heterocycles. The van der Waals surface area contributed by atoms with Gasteiger partial charge in [0.1, 0.15) is 12.4 Å². The zero-order chi connectivity index (χ0) is 18.5. The van der Waals surface area contributed by atoms with Crippen molar-refractivity contribution in [2.75, 3.05) is 13.2 Å². The molecule has 3 rings (SSSR count). The molecule has 1 aliphatic rings. The molecule has 7 heteroatoms. The first-order valence-electron chi connectivity index (χ1n) is 8.29. The summed E-state index contributed by atoms with van der Waals surface area (Å²) in [4.78, 5) is 12.0. The first-order chi connectivity index (χ1) is 12.6. The number of rotatable bonds is 5. The van der Waals surface area contributed by atoms with Crippen LogP contribution in [0.15, 0.2) is 42.5 Å².